The van der Waals surface area contributed by atoms with Crippen molar-refractivity contribution in [2.45, 2.75) is 54.1 Å². The summed E-state index contributed by atoms with van der Waals surface area (Å²) in [5.74, 6) is 1.61. The normalized spacial score (nSPS) is 13.7. The molecule has 0 radical (unpaired) electrons. The number of primary amides is 1. The second-order valence-corrected chi connectivity index (χ2v) is 9.61. The number of aryl methyl sites for hydroxylation is 2. The Balaban J connectivity index is 0.00000195. The molecule has 8 heteroatoms. The van der Waals surface area contributed by atoms with Gasteiger partial charge in [0.25, 0.3) is 0 Å². The van der Waals surface area contributed by atoms with Crippen molar-refractivity contribution in [1.82, 2.24) is 14.9 Å². The fraction of sp³-hybridized carbons (Fsp3) is 0.433. The van der Waals surface area contributed by atoms with E-state index in [-0.39, 0.29) is 18.3 Å². The van der Waals surface area contributed by atoms with E-state index in [0.717, 1.165) is 28.4 Å². The summed E-state index contributed by atoms with van der Waals surface area (Å²) in [6.45, 7) is 15.5. The molecule has 0 unspecified atom stereocenters. The molecule has 4 rings (SSSR count). The Labute approximate surface area is 225 Å². The van der Waals surface area contributed by atoms with Crippen LogP contribution in [0.3, 0.4) is 0 Å². The van der Waals surface area contributed by atoms with Crippen LogP contribution in [0.5, 0.6) is 5.75 Å². The van der Waals surface area contributed by atoms with E-state index in [1.165, 1.54) is 11.6 Å². The van der Waals surface area contributed by atoms with Crippen LogP contribution in [0.2, 0.25) is 0 Å². The molecule has 0 aliphatic carbocycles. The van der Waals surface area contributed by atoms with Crippen molar-refractivity contribution in [2.24, 2.45) is 5.73 Å². The first-order chi connectivity index (χ1) is 18.2. The van der Waals surface area contributed by atoms with Crippen molar-refractivity contribution < 1.29 is 13.9 Å². The number of rotatable bonds is 8. The maximum absolute atomic E-state index is 14.6. The quantitative estimate of drug-likeness (QED) is 0.437. The van der Waals surface area contributed by atoms with Gasteiger partial charge in [-0.3, -0.25) is 9.69 Å². The third-order valence-electron chi connectivity index (χ3n) is 6.61. The molecule has 204 valence electrons. The van der Waals surface area contributed by atoms with Crippen LogP contribution in [0.4, 0.5) is 10.2 Å². The van der Waals surface area contributed by atoms with Gasteiger partial charge in [-0.15, -0.1) is 0 Å². The number of nitrogens with zero attached hydrogens (tertiary/aromatic N) is 4. The van der Waals surface area contributed by atoms with E-state index in [0.29, 0.717) is 50.1 Å². The SMILES string of the molecule is CC.Cc1ccc(C(C)C)cc1OCc1c(C)nc(-c2ccccc2F)nc1N1CCN(CC(N)=O)CC1. The van der Waals surface area contributed by atoms with Crippen molar-refractivity contribution in [1.29, 1.82) is 0 Å². The number of hydrogen-bond donors (Lipinski definition) is 1. The van der Waals surface area contributed by atoms with E-state index in [9.17, 15) is 9.18 Å². The van der Waals surface area contributed by atoms with Gasteiger partial charge >= 0.3 is 0 Å². The number of carbonyl (C=O) groups is 1. The number of benzene rings is 2. The van der Waals surface area contributed by atoms with Crippen LogP contribution in [0.1, 0.15) is 56.0 Å². The zero-order chi connectivity index (χ0) is 27.8. The van der Waals surface area contributed by atoms with Crippen molar-refractivity contribution in [3.63, 3.8) is 0 Å². The van der Waals surface area contributed by atoms with Crippen LogP contribution >= 0.6 is 0 Å². The molecule has 2 aromatic carbocycles. The standard InChI is InChI=1S/C28H34FN5O2.C2H6/c1-18(2)21-10-9-19(3)25(15-21)36-17-23-20(4)31-27(22-7-5-6-8-24(22)29)32-28(23)34-13-11-33(12-14-34)16-26(30)35;1-2/h5-10,15,18H,11-14,16-17H2,1-4H3,(H2,30,35);1-2H3. The summed E-state index contributed by atoms with van der Waals surface area (Å²) in [6.07, 6.45) is 0. The lowest BCUT2D eigenvalue weighted by Crippen LogP contribution is -2.49. The molecule has 7 nitrogen and oxygen atoms in total. The first-order valence-corrected chi connectivity index (χ1v) is 13.3. The van der Waals surface area contributed by atoms with Gasteiger partial charge in [0.1, 0.15) is 24.0 Å². The smallest absolute Gasteiger partial charge is 0.231 e. The Morgan fingerprint density at radius 2 is 1.74 bits per heavy atom. The van der Waals surface area contributed by atoms with Crippen LogP contribution in [0, 0.1) is 19.7 Å². The highest BCUT2D eigenvalue weighted by Crippen LogP contribution is 2.30. The largest absolute Gasteiger partial charge is 0.488 e. The van der Waals surface area contributed by atoms with Gasteiger partial charge in [-0.2, -0.15) is 0 Å². The number of piperazine rings is 1. The lowest BCUT2D eigenvalue weighted by molar-refractivity contribution is -0.119. The molecule has 1 aromatic heterocycles. The number of anilines is 1. The summed E-state index contributed by atoms with van der Waals surface area (Å²) < 4.78 is 20.9. The topological polar surface area (TPSA) is 84.6 Å². The second kappa shape index (κ2) is 13.3. The summed E-state index contributed by atoms with van der Waals surface area (Å²) >= 11 is 0. The van der Waals surface area contributed by atoms with E-state index in [1.807, 2.05) is 32.6 Å². The Morgan fingerprint density at radius 3 is 2.37 bits per heavy atom. The first-order valence-electron chi connectivity index (χ1n) is 13.3. The average molecular weight is 522 g/mol. The molecule has 1 fully saturated rings. The van der Waals surface area contributed by atoms with Crippen LogP contribution in [0.25, 0.3) is 11.4 Å². The number of ether oxygens (including phenoxy) is 1. The van der Waals surface area contributed by atoms with Crippen LogP contribution in [0.15, 0.2) is 42.5 Å². The summed E-state index contributed by atoms with van der Waals surface area (Å²) in [7, 11) is 0. The Kier molecular flexibility index (Phi) is 10.2. The number of nitrogens with two attached hydrogens (primary N) is 1. The van der Waals surface area contributed by atoms with Gasteiger partial charge in [0.2, 0.25) is 5.91 Å². The lowest BCUT2D eigenvalue weighted by Gasteiger charge is -2.36. The van der Waals surface area contributed by atoms with Crippen molar-refractivity contribution in [3.05, 3.63) is 70.7 Å². The summed E-state index contributed by atoms with van der Waals surface area (Å²) in [5.41, 5.74) is 9.63. The first kappa shape index (κ1) is 29.0. The molecule has 1 amide bonds. The molecule has 0 atom stereocenters. The number of carbonyl (C=O) groups excluding carboxylic acids is 1. The molecule has 2 N–H and O–H groups in total. The van der Waals surface area contributed by atoms with E-state index < -0.39 is 0 Å². The summed E-state index contributed by atoms with van der Waals surface area (Å²) in [6, 6.07) is 12.8. The van der Waals surface area contributed by atoms with E-state index in [2.05, 4.69) is 41.9 Å². The second-order valence-electron chi connectivity index (χ2n) is 9.61. The van der Waals surface area contributed by atoms with Gasteiger partial charge in [-0.05, 0) is 49.1 Å². The maximum atomic E-state index is 14.6. The molecule has 0 saturated carbocycles. The van der Waals surface area contributed by atoms with Crippen LogP contribution in [-0.2, 0) is 11.4 Å². The molecular formula is C30H40FN5O2. The fourth-order valence-corrected chi connectivity index (χ4v) is 4.39. The van der Waals surface area contributed by atoms with Gasteiger partial charge in [0, 0.05) is 26.2 Å². The van der Waals surface area contributed by atoms with Gasteiger partial charge in [-0.1, -0.05) is 52.0 Å². The molecule has 1 saturated heterocycles. The predicted molar refractivity (Wildman–Crippen MR) is 151 cm³/mol. The van der Waals surface area contributed by atoms with Gasteiger partial charge in [-0.25, -0.2) is 14.4 Å². The number of hydrogen-bond acceptors (Lipinski definition) is 6. The van der Waals surface area contributed by atoms with E-state index in [1.54, 1.807) is 18.2 Å². The summed E-state index contributed by atoms with van der Waals surface area (Å²) in [4.78, 5) is 25.1. The molecule has 2 heterocycles. The highest BCUT2D eigenvalue weighted by atomic mass is 19.1. The van der Waals surface area contributed by atoms with E-state index >= 15 is 0 Å². The Morgan fingerprint density at radius 1 is 1.05 bits per heavy atom. The van der Waals surface area contributed by atoms with Gasteiger partial charge in [0.15, 0.2) is 5.82 Å². The minimum absolute atomic E-state index is 0.235. The third-order valence-corrected chi connectivity index (χ3v) is 6.61. The number of halogens is 1. The highest BCUT2D eigenvalue weighted by Gasteiger charge is 2.24. The number of aromatic nitrogens is 2. The minimum Gasteiger partial charge on any atom is -0.488 e. The maximum Gasteiger partial charge on any atom is 0.231 e. The molecule has 38 heavy (non-hydrogen) atoms. The molecular weight excluding hydrogens is 481 g/mol. The van der Waals surface area contributed by atoms with E-state index in [4.69, 9.17) is 15.5 Å². The lowest BCUT2D eigenvalue weighted by atomic mass is 10.0. The molecule has 0 spiro atoms. The Hall–Kier alpha value is -3.52. The zero-order valence-electron chi connectivity index (χ0n) is 23.4. The van der Waals surface area contributed by atoms with Crippen molar-refractivity contribution >= 4 is 11.7 Å². The molecule has 1 aliphatic rings. The third kappa shape index (κ3) is 7.07. The summed E-state index contributed by atoms with van der Waals surface area (Å²) in [5, 5.41) is 0. The zero-order valence-corrected chi connectivity index (χ0v) is 23.4. The van der Waals surface area contributed by atoms with Crippen molar-refractivity contribution in [3.8, 4) is 17.1 Å². The monoisotopic (exact) mass is 521 g/mol. The fourth-order valence-electron chi connectivity index (χ4n) is 4.39. The van der Waals surface area contributed by atoms with Gasteiger partial charge in [0.05, 0.1) is 23.4 Å². The molecule has 1 aliphatic heterocycles. The molecule has 0 bridgehead atoms. The number of amides is 1. The highest BCUT2D eigenvalue weighted by molar-refractivity contribution is 5.76. The minimum atomic E-state index is -0.362. The van der Waals surface area contributed by atoms with Gasteiger partial charge < -0.3 is 15.4 Å². The average Bonchev–Trinajstić information content (AvgIpc) is 2.90. The Bertz CT molecular complexity index is 1240. The molecule has 3 aromatic rings. The van der Waals surface area contributed by atoms with Crippen molar-refractivity contribution in [2.75, 3.05) is 37.6 Å². The van der Waals surface area contributed by atoms with Crippen LogP contribution in [-0.4, -0.2) is 53.5 Å². The van der Waals surface area contributed by atoms with Crippen LogP contribution < -0.4 is 15.4 Å². The predicted octanol–water partition coefficient (Wildman–Crippen LogP) is 5.24.